The van der Waals surface area contributed by atoms with Crippen LogP contribution in [0.5, 0.6) is 0 Å². The first-order valence-corrected chi connectivity index (χ1v) is 8.83. The second kappa shape index (κ2) is 7.19. The Kier molecular flexibility index (Phi) is 4.94. The highest BCUT2D eigenvalue weighted by molar-refractivity contribution is 6.05. The van der Waals surface area contributed by atoms with Crippen LogP contribution in [0.4, 0.5) is 5.69 Å². The molecule has 7 nitrogen and oxygen atoms in total. The van der Waals surface area contributed by atoms with E-state index < -0.39 is 0 Å². The van der Waals surface area contributed by atoms with Gasteiger partial charge < -0.3 is 10.6 Å². The first kappa shape index (κ1) is 18.6. The Morgan fingerprint density at radius 3 is 2.59 bits per heavy atom. The lowest BCUT2D eigenvalue weighted by molar-refractivity contribution is 0.0910. The molecule has 0 fully saturated rings. The molecular formula is C20H23N5O2. The molecule has 0 aliphatic rings. The number of nitrogens with one attached hydrogen (secondary N) is 2. The number of aromatic nitrogens is 3. The zero-order valence-corrected chi connectivity index (χ0v) is 15.9. The molecule has 0 saturated carbocycles. The lowest BCUT2D eigenvalue weighted by Crippen LogP contribution is -2.42. The molecule has 0 radical (unpaired) electrons. The monoisotopic (exact) mass is 365 g/mol. The number of hydrogen-bond acceptors (Lipinski definition) is 4. The highest BCUT2D eigenvalue weighted by Crippen LogP contribution is 2.19. The molecule has 2 amide bonds. The van der Waals surface area contributed by atoms with Crippen molar-refractivity contribution < 1.29 is 9.59 Å². The minimum Gasteiger partial charge on any atom is -0.347 e. The molecule has 2 heterocycles. The van der Waals surface area contributed by atoms with E-state index in [4.69, 9.17) is 0 Å². The van der Waals surface area contributed by atoms with Crippen molar-refractivity contribution in [3.8, 4) is 0 Å². The maximum atomic E-state index is 12.6. The first-order chi connectivity index (χ1) is 12.8. The molecule has 0 aliphatic carbocycles. The smallest absolute Gasteiger partial charge is 0.257 e. The number of fused-ring (bicyclic) bond motifs is 1. The summed E-state index contributed by atoms with van der Waals surface area (Å²) in [7, 11) is 0. The molecule has 0 unspecified atom stereocenters. The number of pyridine rings is 1. The van der Waals surface area contributed by atoms with E-state index in [0.29, 0.717) is 22.5 Å². The van der Waals surface area contributed by atoms with E-state index in [1.807, 2.05) is 33.8 Å². The number of amides is 2. The van der Waals surface area contributed by atoms with Crippen LogP contribution in [0.25, 0.3) is 5.65 Å². The fraction of sp³-hybridized carbons (Fsp3) is 0.300. The van der Waals surface area contributed by atoms with Crippen LogP contribution in [0.1, 0.15) is 53.5 Å². The van der Waals surface area contributed by atoms with Crippen molar-refractivity contribution in [2.24, 2.45) is 0 Å². The van der Waals surface area contributed by atoms with Crippen molar-refractivity contribution in [3.05, 3.63) is 59.5 Å². The Labute approximate surface area is 157 Å². The van der Waals surface area contributed by atoms with Gasteiger partial charge in [0.15, 0.2) is 5.65 Å². The van der Waals surface area contributed by atoms with Gasteiger partial charge in [-0.25, -0.2) is 9.50 Å². The van der Waals surface area contributed by atoms with Gasteiger partial charge >= 0.3 is 0 Å². The van der Waals surface area contributed by atoms with E-state index in [9.17, 15) is 9.59 Å². The Morgan fingerprint density at radius 2 is 1.85 bits per heavy atom. The summed E-state index contributed by atoms with van der Waals surface area (Å²) in [6.07, 6.45) is 3.87. The fourth-order valence-corrected chi connectivity index (χ4v) is 2.51. The summed E-state index contributed by atoms with van der Waals surface area (Å²) in [5.74, 6) is -0.441. The van der Waals surface area contributed by atoms with Crippen LogP contribution < -0.4 is 10.6 Å². The molecule has 27 heavy (non-hydrogen) atoms. The topological polar surface area (TPSA) is 88.4 Å². The minimum absolute atomic E-state index is 0.165. The third-order valence-corrected chi connectivity index (χ3v) is 4.62. The number of nitrogens with zero attached hydrogens (tertiary/aromatic N) is 3. The molecule has 7 heteroatoms. The van der Waals surface area contributed by atoms with Gasteiger partial charge in [-0.3, -0.25) is 9.59 Å². The van der Waals surface area contributed by atoms with E-state index in [2.05, 4.69) is 20.7 Å². The maximum Gasteiger partial charge on any atom is 0.257 e. The Balaban J connectivity index is 1.81. The summed E-state index contributed by atoms with van der Waals surface area (Å²) < 4.78 is 1.54. The van der Waals surface area contributed by atoms with Crippen LogP contribution in [0.3, 0.4) is 0 Å². The summed E-state index contributed by atoms with van der Waals surface area (Å²) in [4.78, 5) is 29.2. The Morgan fingerprint density at radius 1 is 1.11 bits per heavy atom. The molecule has 0 saturated heterocycles. The van der Waals surface area contributed by atoms with Gasteiger partial charge in [0, 0.05) is 23.0 Å². The largest absolute Gasteiger partial charge is 0.347 e. The highest BCUT2D eigenvalue weighted by atomic mass is 16.2. The summed E-state index contributed by atoms with van der Waals surface area (Å²) in [6, 6.07) is 8.69. The summed E-state index contributed by atoms with van der Waals surface area (Å²) in [5, 5.41) is 9.91. The number of benzene rings is 1. The van der Waals surface area contributed by atoms with Crippen molar-refractivity contribution >= 4 is 23.1 Å². The van der Waals surface area contributed by atoms with E-state index in [1.54, 1.807) is 35.0 Å². The van der Waals surface area contributed by atoms with Gasteiger partial charge in [0.05, 0.1) is 5.56 Å². The summed E-state index contributed by atoms with van der Waals surface area (Å²) >= 11 is 0. The molecule has 0 spiro atoms. The average molecular weight is 365 g/mol. The van der Waals surface area contributed by atoms with Crippen LogP contribution >= 0.6 is 0 Å². The van der Waals surface area contributed by atoms with Crippen molar-refractivity contribution in [3.63, 3.8) is 0 Å². The third kappa shape index (κ3) is 4.13. The SMILES string of the molecule is CCC(C)(C)NC(=O)c1ccc(C)c(NC(=O)c2ccc3ncnn3c2)c1. The van der Waals surface area contributed by atoms with Crippen LogP contribution in [0.2, 0.25) is 0 Å². The first-order valence-electron chi connectivity index (χ1n) is 8.83. The Bertz CT molecular complexity index is 1010. The third-order valence-electron chi connectivity index (χ3n) is 4.62. The van der Waals surface area contributed by atoms with E-state index in [0.717, 1.165) is 12.0 Å². The Hall–Kier alpha value is -3.22. The van der Waals surface area contributed by atoms with Gasteiger partial charge in [-0.1, -0.05) is 13.0 Å². The normalized spacial score (nSPS) is 11.4. The second-order valence-electron chi connectivity index (χ2n) is 7.16. The zero-order valence-electron chi connectivity index (χ0n) is 15.9. The van der Waals surface area contributed by atoms with Gasteiger partial charge in [0.25, 0.3) is 11.8 Å². The van der Waals surface area contributed by atoms with E-state index in [1.165, 1.54) is 6.33 Å². The summed E-state index contributed by atoms with van der Waals surface area (Å²) in [5.41, 5.74) is 2.80. The molecule has 2 N–H and O–H groups in total. The minimum atomic E-state index is -0.293. The maximum absolute atomic E-state index is 12.6. The van der Waals surface area contributed by atoms with Crippen molar-refractivity contribution in [2.45, 2.75) is 39.7 Å². The van der Waals surface area contributed by atoms with Crippen molar-refractivity contribution in [1.29, 1.82) is 0 Å². The number of carbonyl (C=O) groups is 2. The standard InChI is InChI=1S/C20H23N5O2/c1-5-20(3,4)24-19(27)14-7-6-13(2)16(10-14)23-18(26)15-8-9-17-21-12-22-25(17)11-15/h6-12H,5H2,1-4H3,(H,23,26)(H,24,27). The predicted molar refractivity (Wildman–Crippen MR) is 104 cm³/mol. The van der Waals surface area contributed by atoms with Gasteiger partial charge in [0.1, 0.15) is 6.33 Å². The molecule has 140 valence electrons. The average Bonchev–Trinajstić information content (AvgIpc) is 3.10. The molecule has 3 aromatic rings. The zero-order chi connectivity index (χ0) is 19.6. The number of aryl methyl sites for hydroxylation is 1. The van der Waals surface area contributed by atoms with Crippen LogP contribution in [-0.4, -0.2) is 32.0 Å². The number of hydrogen-bond donors (Lipinski definition) is 2. The molecule has 0 atom stereocenters. The molecule has 2 aromatic heterocycles. The van der Waals surface area contributed by atoms with Crippen LogP contribution in [0, 0.1) is 6.92 Å². The lowest BCUT2D eigenvalue weighted by Gasteiger charge is -2.24. The van der Waals surface area contributed by atoms with Gasteiger partial charge in [-0.15, -0.1) is 0 Å². The number of rotatable bonds is 5. The molecule has 0 aliphatic heterocycles. The molecular weight excluding hydrogens is 342 g/mol. The quantitative estimate of drug-likeness (QED) is 0.727. The molecule has 3 rings (SSSR count). The molecule has 1 aromatic carbocycles. The predicted octanol–water partition coefficient (Wildman–Crippen LogP) is 3.21. The second-order valence-corrected chi connectivity index (χ2v) is 7.16. The van der Waals surface area contributed by atoms with Gasteiger partial charge in [0.2, 0.25) is 0 Å². The van der Waals surface area contributed by atoms with E-state index >= 15 is 0 Å². The number of carbonyl (C=O) groups excluding carboxylic acids is 2. The lowest BCUT2D eigenvalue weighted by atomic mass is 10.0. The van der Waals surface area contributed by atoms with Crippen LogP contribution in [0.15, 0.2) is 42.9 Å². The van der Waals surface area contributed by atoms with Gasteiger partial charge in [-0.05, 0) is 57.0 Å². The fourth-order valence-electron chi connectivity index (χ4n) is 2.51. The van der Waals surface area contributed by atoms with Crippen molar-refractivity contribution in [2.75, 3.05) is 5.32 Å². The molecule has 0 bridgehead atoms. The van der Waals surface area contributed by atoms with E-state index in [-0.39, 0.29) is 17.4 Å². The van der Waals surface area contributed by atoms with Gasteiger partial charge in [-0.2, -0.15) is 5.10 Å². The highest BCUT2D eigenvalue weighted by Gasteiger charge is 2.19. The van der Waals surface area contributed by atoms with Crippen LogP contribution in [-0.2, 0) is 0 Å². The summed E-state index contributed by atoms with van der Waals surface area (Å²) in [6.45, 7) is 7.85. The number of anilines is 1. The van der Waals surface area contributed by atoms with Crippen molar-refractivity contribution in [1.82, 2.24) is 19.9 Å².